The van der Waals surface area contributed by atoms with Gasteiger partial charge in [0, 0.05) is 24.8 Å². The third-order valence-electron chi connectivity index (χ3n) is 5.12. The monoisotopic (exact) mass is 442 g/mol. The summed E-state index contributed by atoms with van der Waals surface area (Å²) in [6, 6.07) is 23.1. The number of rotatable bonds is 7. The minimum atomic E-state index is -0.588. The van der Waals surface area contributed by atoms with Crippen LogP contribution < -0.4 is 10.6 Å². The molecule has 1 aromatic heterocycles. The number of nitrogens with zero attached hydrogens (tertiary/aromatic N) is 2. The Morgan fingerprint density at radius 3 is 2.09 bits per heavy atom. The number of benzene rings is 3. The molecule has 4 aromatic rings. The third kappa shape index (κ3) is 5.15. The van der Waals surface area contributed by atoms with E-state index in [2.05, 4.69) is 15.7 Å². The van der Waals surface area contributed by atoms with E-state index in [9.17, 15) is 14.0 Å². The van der Waals surface area contributed by atoms with Crippen molar-refractivity contribution in [2.24, 2.45) is 0 Å². The summed E-state index contributed by atoms with van der Waals surface area (Å²) >= 11 is 0. The first kappa shape index (κ1) is 22.0. The minimum absolute atomic E-state index is 0.0328. The number of aryl methyl sites for hydroxylation is 1. The van der Waals surface area contributed by atoms with Gasteiger partial charge < -0.3 is 10.6 Å². The molecule has 0 radical (unpaired) electrons. The summed E-state index contributed by atoms with van der Waals surface area (Å²) in [5.74, 6) is -1.43. The summed E-state index contributed by atoms with van der Waals surface area (Å²) < 4.78 is 15.4. The molecular formula is C26H23FN4O2. The van der Waals surface area contributed by atoms with Crippen LogP contribution in [-0.4, -0.2) is 34.7 Å². The van der Waals surface area contributed by atoms with E-state index in [1.807, 2.05) is 61.5 Å². The molecule has 0 aliphatic carbocycles. The van der Waals surface area contributed by atoms with Crippen LogP contribution in [0.25, 0.3) is 16.9 Å². The SMILES string of the molecule is Cc1ccc(-n2cc(C(=O)NCCNC(=O)c3ccccc3F)c(-c3ccccc3)n2)cc1. The summed E-state index contributed by atoms with van der Waals surface area (Å²) in [5, 5.41) is 10.1. The van der Waals surface area contributed by atoms with Crippen molar-refractivity contribution in [3.63, 3.8) is 0 Å². The fraction of sp³-hybridized carbons (Fsp3) is 0.115. The molecule has 0 atom stereocenters. The molecule has 0 aliphatic heterocycles. The van der Waals surface area contributed by atoms with Crippen LogP contribution in [-0.2, 0) is 0 Å². The van der Waals surface area contributed by atoms with Crippen molar-refractivity contribution in [2.75, 3.05) is 13.1 Å². The van der Waals surface area contributed by atoms with Crippen molar-refractivity contribution in [3.8, 4) is 16.9 Å². The molecule has 0 saturated heterocycles. The average molecular weight is 442 g/mol. The summed E-state index contributed by atoms with van der Waals surface area (Å²) in [4.78, 5) is 25.1. The standard InChI is InChI=1S/C26H23FN4O2/c1-18-11-13-20(14-12-18)31-17-22(24(30-31)19-7-3-2-4-8-19)26(33)29-16-15-28-25(32)21-9-5-6-10-23(21)27/h2-14,17H,15-16H2,1H3,(H,28,32)(H,29,33). The van der Waals surface area contributed by atoms with Crippen LogP contribution in [0.4, 0.5) is 4.39 Å². The number of carbonyl (C=O) groups is 2. The van der Waals surface area contributed by atoms with Crippen molar-refractivity contribution in [2.45, 2.75) is 6.92 Å². The second kappa shape index (κ2) is 9.91. The Morgan fingerprint density at radius 2 is 1.42 bits per heavy atom. The zero-order valence-corrected chi connectivity index (χ0v) is 18.1. The number of hydrogen-bond donors (Lipinski definition) is 2. The molecule has 0 aliphatic rings. The quantitative estimate of drug-likeness (QED) is 0.422. The molecule has 4 rings (SSSR count). The maximum Gasteiger partial charge on any atom is 0.255 e. The first-order chi connectivity index (χ1) is 16.0. The third-order valence-corrected chi connectivity index (χ3v) is 5.12. The Morgan fingerprint density at radius 1 is 0.818 bits per heavy atom. The van der Waals surface area contributed by atoms with Gasteiger partial charge in [-0.2, -0.15) is 5.10 Å². The van der Waals surface area contributed by atoms with E-state index in [0.29, 0.717) is 11.3 Å². The van der Waals surface area contributed by atoms with E-state index in [4.69, 9.17) is 0 Å². The van der Waals surface area contributed by atoms with E-state index in [1.54, 1.807) is 16.9 Å². The summed E-state index contributed by atoms with van der Waals surface area (Å²) in [6.07, 6.45) is 1.69. The minimum Gasteiger partial charge on any atom is -0.350 e. The molecule has 0 unspecified atom stereocenters. The van der Waals surface area contributed by atoms with Crippen molar-refractivity contribution in [1.82, 2.24) is 20.4 Å². The van der Waals surface area contributed by atoms with E-state index in [0.717, 1.165) is 16.8 Å². The van der Waals surface area contributed by atoms with Crippen LogP contribution in [0.2, 0.25) is 0 Å². The van der Waals surface area contributed by atoms with Gasteiger partial charge in [-0.1, -0.05) is 60.2 Å². The smallest absolute Gasteiger partial charge is 0.255 e. The van der Waals surface area contributed by atoms with Crippen molar-refractivity contribution in [1.29, 1.82) is 0 Å². The van der Waals surface area contributed by atoms with Crippen molar-refractivity contribution < 1.29 is 14.0 Å². The Bertz CT molecular complexity index is 1270. The molecule has 6 nitrogen and oxygen atoms in total. The number of halogens is 1. The van der Waals surface area contributed by atoms with Gasteiger partial charge in [0.2, 0.25) is 0 Å². The lowest BCUT2D eigenvalue weighted by atomic mass is 10.1. The van der Waals surface area contributed by atoms with Gasteiger partial charge in [-0.15, -0.1) is 0 Å². The lowest BCUT2D eigenvalue weighted by Crippen LogP contribution is -2.35. The van der Waals surface area contributed by atoms with Gasteiger partial charge in [-0.3, -0.25) is 9.59 Å². The molecule has 33 heavy (non-hydrogen) atoms. The maximum atomic E-state index is 13.7. The fourth-order valence-electron chi connectivity index (χ4n) is 3.37. The van der Waals surface area contributed by atoms with E-state index in [-0.39, 0.29) is 24.6 Å². The molecule has 0 spiro atoms. The Labute approximate surface area is 191 Å². The number of hydrogen-bond acceptors (Lipinski definition) is 3. The van der Waals surface area contributed by atoms with Gasteiger partial charge in [-0.25, -0.2) is 9.07 Å². The predicted octanol–water partition coefficient (Wildman–Crippen LogP) is 4.15. The van der Waals surface area contributed by atoms with Crippen LogP contribution in [0.3, 0.4) is 0 Å². The number of carbonyl (C=O) groups excluding carboxylic acids is 2. The van der Waals surface area contributed by atoms with Crippen LogP contribution >= 0.6 is 0 Å². The lowest BCUT2D eigenvalue weighted by molar-refractivity contribution is 0.0925. The number of amides is 2. The first-order valence-electron chi connectivity index (χ1n) is 10.6. The van der Waals surface area contributed by atoms with Gasteiger partial charge in [0.05, 0.1) is 16.8 Å². The van der Waals surface area contributed by atoms with E-state index < -0.39 is 11.7 Å². The maximum absolute atomic E-state index is 13.7. The Kier molecular flexibility index (Phi) is 6.59. The second-order valence-corrected chi connectivity index (χ2v) is 7.53. The first-order valence-corrected chi connectivity index (χ1v) is 10.6. The Hall–Kier alpha value is -4.26. The molecule has 166 valence electrons. The summed E-state index contributed by atoms with van der Waals surface area (Å²) in [5.41, 5.74) is 3.74. The highest BCUT2D eigenvalue weighted by Gasteiger charge is 2.18. The van der Waals surface area contributed by atoms with Gasteiger partial charge in [0.1, 0.15) is 11.5 Å². The normalized spacial score (nSPS) is 10.6. The fourth-order valence-corrected chi connectivity index (χ4v) is 3.37. The molecule has 0 saturated carbocycles. The topological polar surface area (TPSA) is 76.0 Å². The van der Waals surface area contributed by atoms with Gasteiger partial charge in [-0.05, 0) is 31.2 Å². The van der Waals surface area contributed by atoms with Crippen LogP contribution in [0.1, 0.15) is 26.3 Å². The highest BCUT2D eigenvalue weighted by Crippen LogP contribution is 2.23. The largest absolute Gasteiger partial charge is 0.350 e. The predicted molar refractivity (Wildman–Crippen MR) is 125 cm³/mol. The molecule has 1 heterocycles. The Balaban J connectivity index is 1.47. The van der Waals surface area contributed by atoms with Crippen molar-refractivity contribution in [3.05, 3.63) is 108 Å². The van der Waals surface area contributed by atoms with Gasteiger partial charge in [0.25, 0.3) is 11.8 Å². The molecular weight excluding hydrogens is 419 g/mol. The van der Waals surface area contributed by atoms with Crippen LogP contribution in [0.15, 0.2) is 85.1 Å². The van der Waals surface area contributed by atoms with Gasteiger partial charge >= 0.3 is 0 Å². The van der Waals surface area contributed by atoms with Crippen molar-refractivity contribution >= 4 is 11.8 Å². The molecule has 7 heteroatoms. The average Bonchev–Trinajstić information content (AvgIpc) is 3.28. The highest BCUT2D eigenvalue weighted by atomic mass is 19.1. The zero-order chi connectivity index (χ0) is 23.2. The van der Waals surface area contributed by atoms with Crippen LogP contribution in [0, 0.1) is 12.7 Å². The number of nitrogens with one attached hydrogen (secondary N) is 2. The zero-order valence-electron chi connectivity index (χ0n) is 18.1. The second-order valence-electron chi connectivity index (χ2n) is 7.53. The van der Waals surface area contributed by atoms with Crippen LogP contribution in [0.5, 0.6) is 0 Å². The molecule has 3 aromatic carbocycles. The number of aromatic nitrogens is 2. The summed E-state index contributed by atoms with van der Waals surface area (Å²) in [6.45, 7) is 2.35. The van der Waals surface area contributed by atoms with E-state index in [1.165, 1.54) is 18.2 Å². The molecule has 2 N–H and O–H groups in total. The molecule has 2 amide bonds. The molecule has 0 bridgehead atoms. The van der Waals surface area contributed by atoms with Gasteiger partial charge in [0.15, 0.2) is 0 Å². The summed E-state index contributed by atoms with van der Waals surface area (Å²) in [7, 11) is 0. The highest BCUT2D eigenvalue weighted by molar-refractivity contribution is 6.00. The lowest BCUT2D eigenvalue weighted by Gasteiger charge is -2.08. The van der Waals surface area contributed by atoms with E-state index >= 15 is 0 Å². The molecule has 0 fully saturated rings.